The van der Waals surface area contributed by atoms with Crippen molar-refractivity contribution < 1.29 is 4.79 Å². The molecule has 0 radical (unpaired) electrons. The summed E-state index contributed by atoms with van der Waals surface area (Å²) in [6, 6.07) is 13.6. The van der Waals surface area contributed by atoms with E-state index in [2.05, 4.69) is 27.6 Å². The maximum atomic E-state index is 12.5. The summed E-state index contributed by atoms with van der Waals surface area (Å²) < 4.78 is 1.07. The molecule has 1 amide bonds. The van der Waals surface area contributed by atoms with Gasteiger partial charge in [-0.2, -0.15) is 0 Å². The molecule has 0 bridgehead atoms. The zero-order chi connectivity index (χ0) is 14.5. The standard InChI is InChI=1S/C16H17IN2O/c1-3-19(11-15-9-4-6-12(2)18-15)16(20)13-7-5-8-14(17)10-13/h4-10H,3,11H2,1-2H3. The van der Waals surface area contributed by atoms with Crippen molar-refractivity contribution in [1.82, 2.24) is 9.88 Å². The lowest BCUT2D eigenvalue weighted by atomic mass is 10.2. The Labute approximate surface area is 133 Å². The number of aryl methyl sites for hydroxylation is 1. The van der Waals surface area contributed by atoms with Gasteiger partial charge in [-0.3, -0.25) is 9.78 Å². The first-order chi connectivity index (χ1) is 9.60. The molecule has 0 atom stereocenters. The molecule has 104 valence electrons. The van der Waals surface area contributed by atoms with Crippen molar-refractivity contribution in [3.8, 4) is 0 Å². The third-order valence-electron chi connectivity index (χ3n) is 3.04. The summed E-state index contributed by atoms with van der Waals surface area (Å²) in [6.45, 7) is 5.16. The quantitative estimate of drug-likeness (QED) is 0.759. The van der Waals surface area contributed by atoms with Gasteiger partial charge in [0.2, 0.25) is 0 Å². The molecule has 0 unspecified atom stereocenters. The molecular weight excluding hydrogens is 363 g/mol. The van der Waals surface area contributed by atoms with Crippen LogP contribution in [-0.4, -0.2) is 22.3 Å². The molecule has 0 saturated carbocycles. The second-order valence-corrected chi connectivity index (χ2v) is 5.85. The van der Waals surface area contributed by atoms with Gasteiger partial charge < -0.3 is 4.90 Å². The van der Waals surface area contributed by atoms with Gasteiger partial charge in [0, 0.05) is 21.4 Å². The van der Waals surface area contributed by atoms with E-state index in [4.69, 9.17) is 0 Å². The lowest BCUT2D eigenvalue weighted by Gasteiger charge is -2.20. The van der Waals surface area contributed by atoms with Gasteiger partial charge in [-0.05, 0) is 66.8 Å². The van der Waals surface area contributed by atoms with Crippen LogP contribution in [0.2, 0.25) is 0 Å². The molecule has 0 aliphatic rings. The summed E-state index contributed by atoms with van der Waals surface area (Å²) >= 11 is 2.22. The number of nitrogens with zero attached hydrogens (tertiary/aromatic N) is 2. The highest BCUT2D eigenvalue weighted by Gasteiger charge is 2.15. The molecule has 4 heteroatoms. The first kappa shape index (κ1) is 15.0. The number of carbonyl (C=O) groups is 1. The Morgan fingerprint density at radius 2 is 2.00 bits per heavy atom. The summed E-state index contributed by atoms with van der Waals surface area (Å²) in [6.07, 6.45) is 0. The van der Waals surface area contributed by atoms with Crippen molar-refractivity contribution in [2.45, 2.75) is 20.4 Å². The topological polar surface area (TPSA) is 33.2 Å². The summed E-state index contributed by atoms with van der Waals surface area (Å²) in [5, 5.41) is 0. The smallest absolute Gasteiger partial charge is 0.254 e. The Kier molecular flexibility index (Phi) is 5.11. The van der Waals surface area contributed by atoms with Crippen molar-refractivity contribution in [2.24, 2.45) is 0 Å². The minimum absolute atomic E-state index is 0.0503. The lowest BCUT2D eigenvalue weighted by molar-refractivity contribution is 0.0750. The summed E-state index contributed by atoms with van der Waals surface area (Å²) in [7, 11) is 0. The van der Waals surface area contributed by atoms with E-state index in [9.17, 15) is 4.79 Å². The molecule has 0 fully saturated rings. The van der Waals surface area contributed by atoms with E-state index in [0.29, 0.717) is 13.1 Å². The summed E-state index contributed by atoms with van der Waals surface area (Å²) in [5.74, 6) is 0.0503. The molecule has 0 aliphatic heterocycles. The number of benzene rings is 1. The third kappa shape index (κ3) is 3.79. The van der Waals surface area contributed by atoms with Crippen LogP contribution >= 0.6 is 22.6 Å². The van der Waals surface area contributed by atoms with E-state index in [-0.39, 0.29) is 5.91 Å². The monoisotopic (exact) mass is 380 g/mol. The fraction of sp³-hybridized carbons (Fsp3) is 0.250. The number of hydrogen-bond donors (Lipinski definition) is 0. The second-order valence-electron chi connectivity index (χ2n) is 4.60. The highest BCUT2D eigenvalue weighted by molar-refractivity contribution is 14.1. The van der Waals surface area contributed by atoms with Gasteiger partial charge >= 0.3 is 0 Å². The first-order valence-corrected chi connectivity index (χ1v) is 7.65. The van der Waals surface area contributed by atoms with Crippen LogP contribution < -0.4 is 0 Å². The van der Waals surface area contributed by atoms with Crippen LogP contribution in [0.3, 0.4) is 0 Å². The number of aromatic nitrogens is 1. The van der Waals surface area contributed by atoms with Crippen LogP contribution in [-0.2, 0) is 6.54 Å². The lowest BCUT2D eigenvalue weighted by Crippen LogP contribution is -2.30. The molecule has 2 aromatic rings. The Morgan fingerprint density at radius 1 is 1.25 bits per heavy atom. The minimum Gasteiger partial charge on any atom is -0.333 e. The number of carbonyl (C=O) groups excluding carboxylic acids is 1. The van der Waals surface area contributed by atoms with Crippen LogP contribution in [0.4, 0.5) is 0 Å². The molecule has 2 rings (SSSR count). The Balaban J connectivity index is 2.18. The molecule has 1 heterocycles. The number of pyridine rings is 1. The highest BCUT2D eigenvalue weighted by Crippen LogP contribution is 2.12. The molecule has 0 aliphatic carbocycles. The Bertz CT molecular complexity index is 613. The van der Waals surface area contributed by atoms with Gasteiger partial charge in [-0.1, -0.05) is 12.1 Å². The second kappa shape index (κ2) is 6.83. The predicted octanol–water partition coefficient (Wildman–Crippen LogP) is 3.66. The van der Waals surface area contributed by atoms with Gasteiger partial charge in [0.05, 0.1) is 12.2 Å². The number of halogens is 1. The fourth-order valence-corrected chi connectivity index (χ4v) is 2.56. The van der Waals surface area contributed by atoms with E-state index in [1.807, 2.05) is 61.2 Å². The maximum absolute atomic E-state index is 12.5. The van der Waals surface area contributed by atoms with Gasteiger partial charge in [-0.25, -0.2) is 0 Å². The van der Waals surface area contributed by atoms with Crippen LogP contribution in [0, 0.1) is 10.5 Å². The van der Waals surface area contributed by atoms with Crippen LogP contribution in [0.5, 0.6) is 0 Å². The van der Waals surface area contributed by atoms with Crippen molar-refractivity contribution in [3.63, 3.8) is 0 Å². The molecule has 0 saturated heterocycles. The predicted molar refractivity (Wildman–Crippen MR) is 88.5 cm³/mol. The molecular formula is C16H17IN2O. The third-order valence-corrected chi connectivity index (χ3v) is 3.71. The van der Waals surface area contributed by atoms with Crippen molar-refractivity contribution >= 4 is 28.5 Å². The number of amides is 1. The van der Waals surface area contributed by atoms with E-state index in [0.717, 1.165) is 20.5 Å². The molecule has 1 aromatic heterocycles. The fourth-order valence-electron chi connectivity index (χ4n) is 2.01. The molecule has 0 N–H and O–H groups in total. The SMILES string of the molecule is CCN(Cc1cccc(C)n1)C(=O)c1cccc(I)c1. The zero-order valence-electron chi connectivity index (χ0n) is 11.6. The van der Waals surface area contributed by atoms with E-state index in [1.54, 1.807) is 0 Å². The first-order valence-electron chi connectivity index (χ1n) is 6.57. The number of hydrogen-bond acceptors (Lipinski definition) is 2. The Hall–Kier alpha value is -1.43. The molecule has 20 heavy (non-hydrogen) atoms. The molecule has 3 nitrogen and oxygen atoms in total. The van der Waals surface area contributed by atoms with Gasteiger partial charge in [0.15, 0.2) is 0 Å². The van der Waals surface area contributed by atoms with Gasteiger partial charge in [0.1, 0.15) is 0 Å². The van der Waals surface area contributed by atoms with Crippen LogP contribution in [0.15, 0.2) is 42.5 Å². The zero-order valence-corrected chi connectivity index (χ0v) is 13.8. The average molecular weight is 380 g/mol. The average Bonchev–Trinajstić information content (AvgIpc) is 2.44. The molecule has 0 spiro atoms. The van der Waals surface area contributed by atoms with Crippen molar-refractivity contribution in [1.29, 1.82) is 0 Å². The summed E-state index contributed by atoms with van der Waals surface area (Å²) in [5.41, 5.74) is 2.62. The van der Waals surface area contributed by atoms with Crippen molar-refractivity contribution in [2.75, 3.05) is 6.54 Å². The van der Waals surface area contributed by atoms with Gasteiger partial charge in [-0.15, -0.1) is 0 Å². The minimum atomic E-state index is 0.0503. The van der Waals surface area contributed by atoms with Crippen LogP contribution in [0.25, 0.3) is 0 Å². The van der Waals surface area contributed by atoms with Crippen molar-refractivity contribution in [3.05, 3.63) is 63.0 Å². The van der Waals surface area contributed by atoms with E-state index < -0.39 is 0 Å². The van der Waals surface area contributed by atoms with Gasteiger partial charge in [0.25, 0.3) is 5.91 Å². The normalized spacial score (nSPS) is 10.3. The maximum Gasteiger partial charge on any atom is 0.254 e. The summed E-state index contributed by atoms with van der Waals surface area (Å²) in [4.78, 5) is 18.8. The van der Waals surface area contributed by atoms with E-state index >= 15 is 0 Å². The number of rotatable bonds is 4. The Morgan fingerprint density at radius 3 is 2.65 bits per heavy atom. The van der Waals surface area contributed by atoms with E-state index in [1.165, 1.54) is 0 Å². The largest absolute Gasteiger partial charge is 0.333 e. The van der Waals surface area contributed by atoms with Crippen LogP contribution in [0.1, 0.15) is 28.7 Å². The molecule has 1 aromatic carbocycles. The highest BCUT2D eigenvalue weighted by atomic mass is 127.